The van der Waals surface area contributed by atoms with Crippen LogP contribution in [0.1, 0.15) is 30.4 Å². The van der Waals surface area contributed by atoms with Gasteiger partial charge in [0, 0.05) is 13.6 Å². The van der Waals surface area contributed by atoms with Crippen molar-refractivity contribution in [2.24, 2.45) is 7.05 Å². The van der Waals surface area contributed by atoms with Gasteiger partial charge in [0.2, 0.25) is 0 Å². The van der Waals surface area contributed by atoms with E-state index in [1.165, 1.54) is 10.9 Å². The average Bonchev–Trinajstić information content (AvgIpc) is 3.25. The molecule has 1 aromatic carbocycles. The smallest absolute Gasteiger partial charge is 0.287 e. The zero-order valence-corrected chi connectivity index (χ0v) is 15.2. The fourth-order valence-corrected chi connectivity index (χ4v) is 3.75. The van der Waals surface area contributed by atoms with E-state index in [1.807, 2.05) is 4.90 Å². The number of hydrogen-bond donors (Lipinski definition) is 0. The van der Waals surface area contributed by atoms with Gasteiger partial charge in [-0.3, -0.25) is 14.3 Å². The third-order valence-electron chi connectivity index (χ3n) is 4.90. The second-order valence-electron chi connectivity index (χ2n) is 6.95. The number of benzene rings is 1. The summed E-state index contributed by atoms with van der Waals surface area (Å²) in [6.07, 6.45) is -1.45. The second-order valence-corrected chi connectivity index (χ2v) is 6.95. The Morgan fingerprint density at radius 2 is 2.04 bits per heavy atom. The highest BCUT2D eigenvalue weighted by atomic mass is 19.4. The first-order valence-electron chi connectivity index (χ1n) is 8.97. The van der Waals surface area contributed by atoms with E-state index in [0.717, 1.165) is 16.7 Å². The van der Waals surface area contributed by atoms with E-state index in [0.29, 0.717) is 25.0 Å². The van der Waals surface area contributed by atoms with Crippen LogP contribution in [0.5, 0.6) is 0 Å². The van der Waals surface area contributed by atoms with Crippen molar-refractivity contribution in [1.29, 1.82) is 0 Å². The number of aromatic nitrogens is 5. The number of alkyl halides is 3. The molecule has 1 atom stereocenters. The molecular weight excluding hydrogens is 373 g/mol. The number of rotatable bonds is 4. The average molecular weight is 392 g/mol. The molecule has 148 valence electrons. The van der Waals surface area contributed by atoms with Gasteiger partial charge in [-0.15, -0.1) is 0 Å². The minimum Gasteiger partial charge on any atom is -0.287 e. The van der Waals surface area contributed by atoms with Crippen LogP contribution in [0, 0.1) is 0 Å². The number of nitrogens with zero attached hydrogens (tertiary/aromatic N) is 6. The molecular formula is C18H19F3N6O. The first-order chi connectivity index (χ1) is 13.3. The predicted octanol–water partition coefficient (Wildman–Crippen LogP) is 2.42. The van der Waals surface area contributed by atoms with Gasteiger partial charge < -0.3 is 0 Å². The Labute approximate surface area is 158 Å². The van der Waals surface area contributed by atoms with Gasteiger partial charge in [-0.05, 0) is 31.5 Å². The third kappa shape index (κ3) is 3.64. The lowest BCUT2D eigenvalue weighted by atomic mass is 10.1. The summed E-state index contributed by atoms with van der Waals surface area (Å²) < 4.78 is 40.4. The van der Waals surface area contributed by atoms with E-state index in [2.05, 4.69) is 15.2 Å². The van der Waals surface area contributed by atoms with Gasteiger partial charge in [0.15, 0.2) is 0 Å². The maximum absolute atomic E-state index is 13.2. The molecule has 0 spiro atoms. The molecule has 1 unspecified atom stereocenters. The van der Waals surface area contributed by atoms with Crippen molar-refractivity contribution in [3.8, 4) is 0 Å². The Hall–Kier alpha value is -2.75. The molecule has 2 aromatic heterocycles. The van der Waals surface area contributed by atoms with E-state index >= 15 is 0 Å². The van der Waals surface area contributed by atoms with Crippen LogP contribution < -0.4 is 5.56 Å². The summed E-state index contributed by atoms with van der Waals surface area (Å²) in [5, 5.41) is 8.47. The highest BCUT2D eigenvalue weighted by Gasteiger charge is 2.35. The van der Waals surface area contributed by atoms with Gasteiger partial charge in [-0.25, -0.2) is 4.98 Å². The Kier molecular flexibility index (Phi) is 4.66. The van der Waals surface area contributed by atoms with Gasteiger partial charge in [0.05, 0.1) is 28.8 Å². The van der Waals surface area contributed by atoms with Crippen LogP contribution in [-0.2, 0) is 20.1 Å². The molecule has 0 radical (unpaired) electrons. The Balaban J connectivity index is 1.79. The molecule has 4 rings (SSSR count). The molecule has 0 amide bonds. The molecule has 0 aliphatic carbocycles. The molecule has 10 heteroatoms. The highest BCUT2D eigenvalue weighted by molar-refractivity contribution is 5.77. The molecule has 0 N–H and O–H groups in total. The number of para-hydroxylation sites is 1. The van der Waals surface area contributed by atoms with E-state index in [9.17, 15) is 18.0 Å². The number of hydrogen-bond acceptors (Lipinski definition) is 5. The van der Waals surface area contributed by atoms with Crippen LogP contribution in [0.2, 0.25) is 0 Å². The molecule has 3 heterocycles. The van der Waals surface area contributed by atoms with Crippen molar-refractivity contribution in [1.82, 2.24) is 29.4 Å². The number of likely N-dealkylation sites (tertiary alicyclic amines) is 1. The predicted molar refractivity (Wildman–Crippen MR) is 95.4 cm³/mol. The lowest BCUT2D eigenvalue weighted by Gasteiger charge is -2.26. The van der Waals surface area contributed by atoms with Gasteiger partial charge in [-0.1, -0.05) is 12.1 Å². The SMILES string of the molecule is Cn1ncc(CN2CCCC2c2nc3ccccc3c(=O)n2CC(F)(F)F)n1. The fourth-order valence-electron chi connectivity index (χ4n) is 3.75. The number of halogens is 3. The van der Waals surface area contributed by atoms with Crippen molar-refractivity contribution in [3.05, 3.63) is 52.3 Å². The van der Waals surface area contributed by atoms with Crippen molar-refractivity contribution in [2.75, 3.05) is 6.54 Å². The molecule has 0 saturated carbocycles. The van der Waals surface area contributed by atoms with Gasteiger partial charge in [0.1, 0.15) is 12.4 Å². The molecule has 1 aliphatic rings. The Morgan fingerprint density at radius 1 is 1.25 bits per heavy atom. The number of fused-ring (bicyclic) bond motifs is 1. The highest BCUT2D eigenvalue weighted by Crippen LogP contribution is 2.33. The summed E-state index contributed by atoms with van der Waals surface area (Å²) >= 11 is 0. The quantitative estimate of drug-likeness (QED) is 0.682. The molecule has 28 heavy (non-hydrogen) atoms. The van der Waals surface area contributed by atoms with E-state index < -0.39 is 18.3 Å². The van der Waals surface area contributed by atoms with E-state index in [4.69, 9.17) is 0 Å². The lowest BCUT2D eigenvalue weighted by Crippen LogP contribution is -2.35. The molecule has 0 bridgehead atoms. The molecule has 1 aliphatic heterocycles. The molecule has 1 saturated heterocycles. The van der Waals surface area contributed by atoms with Crippen molar-refractivity contribution in [2.45, 2.75) is 38.1 Å². The molecule has 3 aromatic rings. The lowest BCUT2D eigenvalue weighted by molar-refractivity contribution is -0.142. The number of aryl methyl sites for hydroxylation is 1. The van der Waals surface area contributed by atoms with Gasteiger partial charge in [0.25, 0.3) is 5.56 Å². The first-order valence-corrected chi connectivity index (χ1v) is 8.97. The van der Waals surface area contributed by atoms with Crippen molar-refractivity contribution >= 4 is 10.9 Å². The van der Waals surface area contributed by atoms with Crippen molar-refractivity contribution < 1.29 is 13.2 Å². The van der Waals surface area contributed by atoms with Crippen molar-refractivity contribution in [3.63, 3.8) is 0 Å². The molecule has 7 nitrogen and oxygen atoms in total. The summed E-state index contributed by atoms with van der Waals surface area (Å²) in [6, 6.07) is 6.12. The summed E-state index contributed by atoms with van der Waals surface area (Å²) in [7, 11) is 1.71. The summed E-state index contributed by atoms with van der Waals surface area (Å²) in [6.45, 7) is -0.225. The Morgan fingerprint density at radius 3 is 2.75 bits per heavy atom. The topological polar surface area (TPSA) is 68.8 Å². The van der Waals surface area contributed by atoms with Crippen LogP contribution in [0.15, 0.2) is 35.3 Å². The van der Waals surface area contributed by atoms with Crippen LogP contribution >= 0.6 is 0 Å². The zero-order valence-electron chi connectivity index (χ0n) is 15.2. The first kappa shape index (κ1) is 18.6. The molecule has 1 fully saturated rings. The van der Waals surface area contributed by atoms with Crippen LogP contribution in [-0.4, -0.2) is 42.2 Å². The maximum atomic E-state index is 13.2. The summed E-state index contributed by atoms with van der Waals surface area (Å²) in [5.41, 5.74) is 0.469. The summed E-state index contributed by atoms with van der Waals surface area (Å²) in [4.78, 5) is 20.8. The largest absolute Gasteiger partial charge is 0.406 e. The standard InChI is InChI=1S/C18H19F3N6O/c1-25-22-9-12(24-25)10-26-8-4-7-15(26)16-23-14-6-3-2-5-13(14)17(28)27(16)11-18(19,20)21/h2-3,5-6,9,15H,4,7-8,10-11H2,1H3. The second kappa shape index (κ2) is 7.01. The third-order valence-corrected chi connectivity index (χ3v) is 4.90. The minimum absolute atomic E-state index is 0.155. The fraction of sp³-hybridized carbons (Fsp3) is 0.444. The summed E-state index contributed by atoms with van der Waals surface area (Å²) in [5.74, 6) is 0.155. The monoisotopic (exact) mass is 392 g/mol. The minimum atomic E-state index is -4.52. The van der Waals surface area contributed by atoms with E-state index in [-0.39, 0.29) is 17.3 Å². The van der Waals surface area contributed by atoms with Crippen LogP contribution in [0.25, 0.3) is 10.9 Å². The zero-order chi connectivity index (χ0) is 19.9. The maximum Gasteiger partial charge on any atom is 0.406 e. The van der Waals surface area contributed by atoms with E-state index in [1.54, 1.807) is 31.4 Å². The Bertz CT molecular complexity index is 1060. The normalized spacial score (nSPS) is 18.2. The van der Waals surface area contributed by atoms with Gasteiger partial charge in [-0.2, -0.15) is 28.2 Å². The van der Waals surface area contributed by atoms with Crippen LogP contribution in [0.3, 0.4) is 0 Å². The van der Waals surface area contributed by atoms with Gasteiger partial charge >= 0.3 is 6.18 Å². The van der Waals surface area contributed by atoms with Crippen LogP contribution in [0.4, 0.5) is 13.2 Å².